The van der Waals surface area contributed by atoms with Gasteiger partial charge in [0.2, 0.25) is 17.7 Å². The summed E-state index contributed by atoms with van der Waals surface area (Å²) < 4.78 is 0. The molecular formula is C18H32N4O7S2. The average Bonchev–Trinajstić information content (AvgIpc) is 2.71. The van der Waals surface area contributed by atoms with Crippen molar-refractivity contribution in [2.45, 2.75) is 57.3 Å². The van der Waals surface area contributed by atoms with E-state index in [1.165, 1.54) is 11.8 Å². The van der Waals surface area contributed by atoms with Gasteiger partial charge in [-0.2, -0.15) is 24.4 Å². The third kappa shape index (κ3) is 10.7. The van der Waals surface area contributed by atoms with E-state index < -0.39 is 60.2 Å². The molecule has 0 aliphatic rings. The lowest BCUT2D eigenvalue weighted by atomic mass is 9.97. The van der Waals surface area contributed by atoms with Crippen LogP contribution >= 0.6 is 24.4 Å². The highest BCUT2D eigenvalue weighted by molar-refractivity contribution is 7.98. The number of thiol groups is 1. The number of hydrogen-bond donors (Lipinski definition) is 7. The molecule has 3 amide bonds. The van der Waals surface area contributed by atoms with Crippen molar-refractivity contribution in [1.29, 1.82) is 0 Å². The maximum Gasteiger partial charge on any atom is 0.327 e. The van der Waals surface area contributed by atoms with Gasteiger partial charge in [-0.25, -0.2) is 4.79 Å². The van der Waals surface area contributed by atoms with Crippen molar-refractivity contribution in [1.82, 2.24) is 16.0 Å². The van der Waals surface area contributed by atoms with Gasteiger partial charge in [-0.1, -0.05) is 20.3 Å². The Morgan fingerprint density at radius 1 is 1.00 bits per heavy atom. The summed E-state index contributed by atoms with van der Waals surface area (Å²) in [5, 5.41) is 25.3. The highest BCUT2D eigenvalue weighted by atomic mass is 32.2. The highest BCUT2D eigenvalue weighted by Gasteiger charge is 2.32. The van der Waals surface area contributed by atoms with Crippen molar-refractivity contribution >= 4 is 54.1 Å². The first-order valence-corrected chi connectivity index (χ1v) is 11.7. The van der Waals surface area contributed by atoms with E-state index in [0.29, 0.717) is 12.2 Å². The van der Waals surface area contributed by atoms with E-state index in [1.807, 2.05) is 6.26 Å². The summed E-state index contributed by atoms with van der Waals surface area (Å²) in [6, 6.07) is -4.64. The van der Waals surface area contributed by atoms with Crippen molar-refractivity contribution in [3.63, 3.8) is 0 Å². The van der Waals surface area contributed by atoms with Crippen LogP contribution in [0.5, 0.6) is 0 Å². The summed E-state index contributed by atoms with van der Waals surface area (Å²) in [6.07, 6.45) is 1.96. The number of carbonyl (C=O) groups excluding carboxylic acids is 3. The number of nitrogens with one attached hydrogen (secondary N) is 3. The molecule has 0 bridgehead atoms. The van der Waals surface area contributed by atoms with Gasteiger partial charge in [0, 0.05) is 5.75 Å². The molecule has 178 valence electrons. The van der Waals surface area contributed by atoms with E-state index in [4.69, 9.17) is 15.9 Å². The second-order valence-corrected chi connectivity index (χ2v) is 8.35. The van der Waals surface area contributed by atoms with Gasteiger partial charge in [0.1, 0.15) is 18.1 Å². The van der Waals surface area contributed by atoms with Gasteiger partial charge in [-0.05, 0) is 24.3 Å². The number of amides is 3. The number of aliphatic carboxylic acids is 2. The standard InChI is InChI=1S/C18H32N4O7S2/c1-4-9(2)14(22-15(25)10(19)7-13(23)24)17(27)20-11(5-6-31-3)16(26)21-12(8-30)18(28)29/h9-12,14,30H,4-8,19H2,1-3H3,(H,20,27)(H,21,26)(H,22,25)(H,23,24)(H,28,29). The largest absolute Gasteiger partial charge is 0.481 e. The Morgan fingerprint density at radius 3 is 2.03 bits per heavy atom. The van der Waals surface area contributed by atoms with Crippen LogP contribution < -0.4 is 21.7 Å². The SMILES string of the molecule is CCC(C)C(NC(=O)C(N)CC(=O)O)C(=O)NC(CCSC)C(=O)NC(CS)C(=O)O. The molecule has 0 aliphatic carbocycles. The molecule has 0 aromatic rings. The van der Waals surface area contributed by atoms with Crippen LogP contribution in [0.2, 0.25) is 0 Å². The van der Waals surface area contributed by atoms with Gasteiger partial charge in [-0.3, -0.25) is 19.2 Å². The van der Waals surface area contributed by atoms with E-state index >= 15 is 0 Å². The van der Waals surface area contributed by atoms with Crippen LogP contribution in [-0.2, 0) is 24.0 Å². The van der Waals surface area contributed by atoms with E-state index in [9.17, 15) is 24.0 Å². The molecule has 0 saturated carbocycles. The van der Waals surface area contributed by atoms with E-state index in [-0.39, 0.29) is 18.1 Å². The summed E-state index contributed by atoms with van der Waals surface area (Å²) in [5.74, 6) is -4.58. The molecule has 0 aromatic heterocycles. The number of thioether (sulfide) groups is 1. The lowest BCUT2D eigenvalue weighted by Gasteiger charge is -2.27. The quantitative estimate of drug-likeness (QED) is 0.145. The smallest absolute Gasteiger partial charge is 0.327 e. The number of hydrogen-bond acceptors (Lipinski definition) is 8. The van der Waals surface area contributed by atoms with Crippen molar-refractivity contribution in [2.75, 3.05) is 17.8 Å². The van der Waals surface area contributed by atoms with Crippen LogP contribution in [0.15, 0.2) is 0 Å². The normalized spacial score (nSPS) is 15.6. The fraction of sp³-hybridized carbons (Fsp3) is 0.722. The third-order valence-electron chi connectivity index (χ3n) is 4.57. The summed E-state index contributed by atoms with van der Waals surface area (Å²) >= 11 is 5.34. The second-order valence-electron chi connectivity index (χ2n) is 7.00. The summed E-state index contributed by atoms with van der Waals surface area (Å²) in [4.78, 5) is 59.6. The van der Waals surface area contributed by atoms with Gasteiger partial charge in [0.15, 0.2) is 0 Å². The zero-order chi connectivity index (χ0) is 24.1. The Balaban J connectivity index is 5.43. The maximum atomic E-state index is 12.9. The zero-order valence-electron chi connectivity index (χ0n) is 17.8. The molecule has 0 heterocycles. The first-order chi connectivity index (χ1) is 14.5. The highest BCUT2D eigenvalue weighted by Crippen LogP contribution is 2.10. The number of carboxylic acid groups (broad SMARTS) is 2. The minimum Gasteiger partial charge on any atom is -0.481 e. The fourth-order valence-electron chi connectivity index (χ4n) is 2.47. The molecule has 0 aromatic carbocycles. The molecule has 0 aliphatic heterocycles. The Bertz CT molecular complexity index is 650. The predicted molar refractivity (Wildman–Crippen MR) is 120 cm³/mol. The number of nitrogens with two attached hydrogens (primary N) is 1. The van der Waals surface area contributed by atoms with Crippen LogP contribution in [0.1, 0.15) is 33.1 Å². The van der Waals surface area contributed by atoms with Crippen LogP contribution in [0, 0.1) is 5.92 Å². The minimum absolute atomic E-state index is 0.128. The molecule has 5 atom stereocenters. The Labute approximate surface area is 191 Å². The van der Waals surface area contributed by atoms with E-state index in [1.54, 1.807) is 13.8 Å². The van der Waals surface area contributed by atoms with Crippen molar-refractivity contribution in [3.8, 4) is 0 Å². The summed E-state index contributed by atoms with van der Waals surface area (Å²) in [7, 11) is 0. The van der Waals surface area contributed by atoms with Crippen LogP contribution in [0.4, 0.5) is 0 Å². The molecule has 0 rings (SSSR count). The van der Waals surface area contributed by atoms with Gasteiger partial charge in [-0.15, -0.1) is 0 Å². The fourth-order valence-corrected chi connectivity index (χ4v) is 3.19. The molecule has 0 saturated heterocycles. The predicted octanol–water partition coefficient (Wildman–Crippen LogP) is -0.944. The molecule has 11 nitrogen and oxygen atoms in total. The van der Waals surface area contributed by atoms with Crippen LogP contribution in [-0.4, -0.2) is 81.8 Å². The van der Waals surface area contributed by atoms with Gasteiger partial charge < -0.3 is 31.9 Å². The Kier molecular flexibility index (Phi) is 14.0. The number of carbonyl (C=O) groups is 5. The first kappa shape index (κ1) is 29.0. The third-order valence-corrected chi connectivity index (χ3v) is 5.57. The van der Waals surface area contributed by atoms with Gasteiger partial charge in [0.25, 0.3) is 0 Å². The summed E-state index contributed by atoms with van der Waals surface area (Å²) in [6.45, 7) is 3.52. The monoisotopic (exact) mass is 480 g/mol. The molecule has 31 heavy (non-hydrogen) atoms. The number of rotatable bonds is 15. The molecule has 5 unspecified atom stereocenters. The molecular weight excluding hydrogens is 448 g/mol. The minimum atomic E-state index is -1.33. The maximum absolute atomic E-state index is 12.9. The molecule has 0 spiro atoms. The second kappa shape index (κ2) is 14.9. The topological polar surface area (TPSA) is 188 Å². The van der Waals surface area contributed by atoms with E-state index in [0.717, 1.165) is 0 Å². The van der Waals surface area contributed by atoms with E-state index in [2.05, 4.69) is 28.6 Å². The van der Waals surface area contributed by atoms with Crippen molar-refractivity contribution < 1.29 is 34.2 Å². The molecule has 0 fully saturated rings. The Morgan fingerprint density at radius 2 is 1.58 bits per heavy atom. The first-order valence-electron chi connectivity index (χ1n) is 9.69. The average molecular weight is 481 g/mol. The zero-order valence-corrected chi connectivity index (χ0v) is 19.5. The van der Waals surface area contributed by atoms with Crippen LogP contribution in [0.25, 0.3) is 0 Å². The lowest BCUT2D eigenvalue weighted by Crippen LogP contribution is -2.59. The van der Waals surface area contributed by atoms with Gasteiger partial charge in [0.05, 0.1) is 12.5 Å². The van der Waals surface area contributed by atoms with Gasteiger partial charge >= 0.3 is 11.9 Å². The lowest BCUT2D eigenvalue weighted by molar-refractivity contribution is -0.141. The van der Waals surface area contributed by atoms with Crippen LogP contribution in [0.3, 0.4) is 0 Å². The number of carboxylic acids is 2. The van der Waals surface area contributed by atoms with Crippen molar-refractivity contribution in [3.05, 3.63) is 0 Å². The molecule has 13 heteroatoms. The Hall–Kier alpha value is -1.99. The molecule has 7 N–H and O–H groups in total. The summed E-state index contributed by atoms with van der Waals surface area (Å²) in [5.41, 5.74) is 5.57. The van der Waals surface area contributed by atoms with Crippen molar-refractivity contribution in [2.24, 2.45) is 11.7 Å². The molecule has 0 radical (unpaired) electrons.